The molecule has 3 rings (SSSR count). The molecule has 2 aliphatic carbocycles. The number of primary amides is 1. The van der Waals surface area contributed by atoms with Gasteiger partial charge in [0.1, 0.15) is 18.1 Å². The fraction of sp³-hybridized carbons (Fsp3) is 0.808. The zero-order valence-electron chi connectivity index (χ0n) is 22.9. The quantitative estimate of drug-likeness (QED) is 0.318. The Bertz CT molecular complexity index is 1010. The monoisotopic (exact) mass is 541 g/mol. The third kappa shape index (κ3) is 5.84. The first-order valence-electron chi connectivity index (χ1n) is 13.2. The molecule has 12 heteroatoms. The van der Waals surface area contributed by atoms with Gasteiger partial charge in [0.2, 0.25) is 29.9 Å². The van der Waals surface area contributed by atoms with E-state index in [1.54, 1.807) is 20.8 Å². The Balaban J connectivity index is 1.95. The van der Waals surface area contributed by atoms with E-state index in [1.807, 2.05) is 0 Å². The average molecular weight is 542 g/mol. The van der Waals surface area contributed by atoms with Crippen molar-refractivity contribution >= 4 is 29.4 Å². The van der Waals surface area contributed by atoms with Crippen LogP contribution in [0.1, 0.15) is 79.6 Å². The number of likely N-dealkylation sites (tertiary alicyclic amines) is 1. The number of hydrogen-bond donors (Lipinski definition) is 4. The van der Waals surface area contributed by atoms with Crippen molar-refractivity contribution < 1.29 is 32.8 Å². The van der Waals surface area contributed by atoms with Crippen molar-refractivity contribution in [3.63, 3.8) is 0 Å². The molecule has 4 atom stereocenters. The molecule has 10 nitrogen and oxygen atoms in total. The second kappa shape index (κ2) is 10.2. The molecule has 1 aliphatic heterocycles. The number of Topliss-reactive ketones (excluding diaryl/α,β-unsaturated/α-hetero) is 1. The number of amides is 4. The summed E-state index contributed by atoms with van der Waals surface area (Å²) in [4.78, 5) is 65.5. The molecule has 0 radical (unpaired) electrons. The Kier molecular flexibility index (Phi) is 8.00. The van der Waals surface area contributed by atoms with E-state index in [9.17, 15) is 32.8 Å². The highest BCUT2D eigenvalue weighted by Gasteiger charge is 2.59. The molecular formula is C26H41F2N5O5. The summed E-state index contributed by atoms with van der Waals surface area (Å²) in [7, 11) is 0. The molecule has 1 unspecified atom stereocenters. The van der Waals surface area contributed by atoms with Crippen LogP contribution in [0.3, 0.4) is 0 Å². The molecule has 1 heterocycles. The molecule has 0 bridgehead atoms. The smallest absolute Gasteiger partial charge is 0.287 e. The van der Waals surface area contributed by atoms with Crippen molar-refractivity contribution in [2.24, 2.45) is 27.7 Å². The highest BCUT2D eigenvalue weighted by Crippen LogP contribution is 2.59. The van der Waals surface area contributed by atoms with E-state index >= 15 is 0 Å². The summed E-state index contributed by atoms with van der Waals surface area (Å²) in [5, 5.41) is 5.07. The Morgan fingerprint density at radius 1 is 1.03 bits per heavy atom. The molecule has 3 fully saturated rings. The molecule has 38 heavy (non-hydrogen) atoms. The summed E-state index contributed by atoms with van der Waals surface area (Å²) in [6, 6.07) is -3.90. The van der Waals surface area contributed by atoms with Crippen molar-refractivity contribution in [3.05, 3.63) is 0 Å². The first-order valence-corrected chi connectivity index (χ1v) is 13.2. The van der Waals surface area contributed by atoms with Gasteiger partial charge in [-0.15, -0.1) is 0 Å². The van der Waals surface area contributed by atoms with E-state index in [0.29, 0.717) is 12.8 Å². The lowest BCUT2D eigenvalue weighted by molar-refractivity contribution is -0.145. The van der Waals surface area contributed by atoms with Gasteiger partial charge < -0.3 is 27.0 Å². The topological polar surface area (TPSA) is 165 Å². The Hall–Kier alpha value is -2.63. The van der Waals surface area contributed by atoms with Gasteiger partial charge in [0.05, 0.1) is 5.54 Å². The number of nitrogens with one attached hydrogen (secondary N) is 2. The first-order chi connectivity index (χ1) is 17.3. The minimum absolute atomic E-state index is 0.220. The maximum Gasteiger partial charge on any atom is 0.287 e. The predicted octanol–water partition coefficient (Wildman–Crippen LogP) is 1.00. The molecule has 2 saturated carbocycles. The lowest BCUT2D eigenvalue weighted by Crippen LogP contribution is -2.61. The van der Waals surface area contributed by atoms with Crippen molar-refractivity contribution in [3.8, 4) is 0 Å². The van der Waals surface area contributed by atoms with Crippen molar-refractivity contribution in [1.29, 1.82) is 0 Å². The number of halogens is 2. The van der Waals surface area contributed by atoms with Gasteiger partial charge in [-0.25, -0.2) is 8.78 Å². The van der Waals surface area contributed by atoms with E-state index in [-0.39, 0.29) is 18.4 Å². The van der Waals surface area contributed by atoms with E-state index in [2.05, 4.69) is 24.5 Å². The standard InChI is InChI=1S/C26H41F2N5O5/c1-23(2,3)18(32-22(38)26(30)9-10-26)21(37)33-13-25(8-6-7-24(25,4)5)12-15(33)20(36)31-14(11-16(27)28)17(34)19(29)35/h14-16,18H,6-13,30H2,1-5H3,(H2,29,35)(H,31,36)(H,32,38)/t14?,15-,18+,25-/m0/s1. The van der Waals surface area contributed by atoms with Crippen LogP contribution in [-0.2, 0) is 24.0 Å². The average Bonchev–Trinajstić information content (AvgIpc) is 3.30. The maximum atomic E-state index is 14.1. The van der Waals surface area contributed by atoms with Crippen LogP contribution < -0.4 is 22.1 Å². The molecule has 214 valence electrons. The number of rotatable bonds is 9. The Morgan fingerprint density at radius 3 is 2.08 bits per heavy atom. The number of ketones is 1. The van der Waals surface area contributed by atoms with Crippen molar-refractivity contribution in [2.75, 3.05) is 6.54 Å². The van der Waals surface area contributed by atoms with Gasteiger partial charge in [0, 0.05) is 13.0 Å². The Morgan fingerprint density at radius 2 is 1.63 bits per heavy atom. The van der Waals surface area contributed by atoms with Gasteiger partial charge in [-0.05, 0) is 48.3 Å². The largest absolute Gasteiger partial charge is 0.363 e. The molecule has 3 aliphatic rings. The summed E-state index contributed by atoms with van der Waals surface area (Å²) in [5.74, 6) is -4.50. The lowest BCUT2D eigenvalue weighted by Gasteiger charge is -2.39. The van der Waals surface area contributed by atoms with Gasteiger partial charge in [0.25, 0.3) is 5.91 Å². The number of carbonyl (C=O) groups is 5. The van der Waals surface area contributed by atoms with Crippen LogP contribution in [-0.4, -0.2) is 70.9 Å². The van der Waals surface area contributed by atoms with Gasteiger partial charge in [0.15, 0.2) is 0 Å². The highest BCUT2D eigenvalue weighted by atomic mass is 19.3. The SMILES string of the molecule is CC(C)(C)[C@H](NC(=O)C1(N)CC1)C(=O)N1C[C@]2(CCCC2(C)C)C[C@H]1C(=O)NC(CC(F)F)C(=O)C(N)=O. The molecule has 0 aromatic heterocycles. The van der Waals surface area contributed by atoms with Crippen LogP contribution in [0.4, 0.5) is 8.78 Å². The van der Waals surface area contributed by atoms with E-state index in [4.69, 9.17) is 11.5 Å². The molecule has 0 aromatic carbocycles. The number of nitrogens with two attached hydrogens (primary N) is 2. The van der Waals surface area contributed by atoms with E-state index in [1.165, 1.54) is 4.90 Å². The second-order valence-corrected chi connectivity index (χ2v) is 13.0. The zero-order chi connectivity index (χ0) is 28.8. The van der Waals surface area contributed by atoms with Crippen LogP contribution in [0.5, 0.6) is 0 Å². The van der Waals surface area contributed by atoms with Gasteiger partial charge in [-0.2, -0.15) is 0 Å². The molecule has 4 amide bonds. The number of hydrogen-bond acceptors (Lipinski definition) is 6. The second-order valence-electron chi connectivity index (χ2n) is 13.0. The third-order valence-electron chi connectivity index (χ3n) is 8.83. The molecule has 6 N–H and O–H groups in total. The fourth-order valence-corrected chi connectivity index (χ4v) is 5.89. The summed E-state index contributed by atoms with van der Waals surface area (Å²) >= 11 is 0. The minimum Gasteiger partial charge on any atom is -0.363 e. The molecule has 1 saturated heterocycles. The fourth-order valence-electron chi connectivity index (χ4n) is 5.89. The lowest BCUT2D eigenvalue weighted by atomic mass is 9.66. The van der Waals surface area contributed by atoms with Crippen LogP contribution >= 0.6 is 0 Å². The highest BCUT2D eigenvalue weighted by molar-refractivity contribution is 6.37. The van der Waals surface area contributed by atoms with Crippen LogP contribution in [0.2, 0.25) is 0 Å². The molecule has 0 aromatic rings. The number of nitrogens with zero attached hydrogens (tertiary/aromatic N) is 1. The van der Waals surface area contributed by atoms with Crippen LogP contribution in [0.25, 0.3) is 0 Å². The summed E-state index contributed by atoms with van der Waals surface area (Å²) < 4.78 is 26.3. The first kappa shape index (κ1) is 29.9. The molecule has 1 spiro atoms. The van der Waals surface area contributed by atoms with Crippen molar-refractivity contribution in [1.82, 2.24) is 15.5 Å². The van der Waals surface area contributed by atoms with Gasteiger partial charge in [-0.1, -0.05) is 41.0 Å². The summed E-state index contributed by atoms with van der Waals surface area (Å²) in [6.07, 6.45) is -0.243. The van der Waals surface area contributed by atoms with Gasteiger partial charge >= 0.3 is 0 Å². The number of carbonyl (C=O) groups excluding carboxylic acids is 5. The van der Waals surface area contributed by atoms with Crippen molar-refractivity contribution in [2.45, 2.75) is 110 Å². The van der Waals surface area contributed by atoms with E-state index < -0.39 is 76.8 Å². The zero-order valence-corrected chi connectivity index (χ0v) is 22.9. The predicted molar refractivity (Wildman–Crippen MR) is 134 cm³/mol. The minimum atomic E-state index is -2.98. The van der Waals surface area contributed by atoms with E-state index in [0.717, 1.165) is 19.3 Å². The van der Waals surface area contributed by atoms with Crippen LogP contribution in [0, 0.1) is 16.2 Å². The summed E-state index contributed by atoms with van der Waals surface area (Å²) in [5.41, 5.74) is 8.68. The Labute approximate surface area is 222 Å². The van der Waals surface area contributed by atoms with Crippen LogP contribution in [0.15, 0.2) is 0 Å². The molecular weight excluding hydrogens is 500 g/mol. The van der Waals surface area contributed by atoms with Gasteiger partial charge in [-0.3, -0.25) is 24.0 Å². The maximum absolute atomic E-state index is 14.1. The third-order valence-corrected chi connectivity index (χ3v) is 8.83. The normalized spacial score (nSPS) is 27.2. The summed E-state index contributed by atoms with van der Waals surface area (Å²) in [6.45, 7) is 9.75. The number of alkyl halides is 2.